The van der Waals surface area contributed by atoms with E-state index >= 15 is 0 Å². The lowest BCUT2D eigenvalue weighted by atomic mass is 10.0. The number of ether oxygens (including phenoxy) is 1. The number of carbonyl (C=O) groups excluding carboxylic acids is 1. The van der Waals surface area contributed by atoms with E-state index in [-0.39, 0.29) is 5.97 Å². The maximum atomic E-state index is 11.9. The highest BCUT2D eigenvalue weighted by molar-refractivity contribution is 7.21. The smallest absolute Gasteiger partial charge is 0.350 e. The minimum atomic E-state index is -0.355. The zero-order chi connectivity index (χ0) is 15.0. The zero-order valence-corrected chi connectivity index (χ0v) is 13.1. The van der Waals surface area contributed by atoms with Gasteiger partial charge in [0.2, 0.25) is 0 Å². The molecule has 0 unspecified atom stereocenters. The number of carbonyl (C=O) groups is 1. The predicted molar refractivity (Wildman–Crippen MR) is 84.6 cm³/mol. The number of thiophene rings is 1. The fourth-order valence-corrected chi connectivity index (χ4v) is 3.66. The predicted octanol–water partition coefficient (Wildman–Crippen LogP) is 2.43. The molecule has 0 saturated heterocycles. The molecule has 6 heteroatoms. The van der Waals surface area contributed by atoms with Crippen LogP contribution in [0.15, 0.2) is 6.07 Å². The van der Waals surface area contributed by atoms with Crippen LogP contribution in [-0.4, -0.2) is 35.5 Å². The average Bonchev–Trinajstić information content (AvgIpc) is 2.81. The van der Waals surface area contributed by atoms with Gasteiger partial charge >= 0.3 is 5.97 Å². The highest BCUT2D eigenvalue weighted by atomic mass is 32.1. The molecule has 0 atom stereocenters. The Hall–Kier alpha value is -1.66. The summed E-state index contributed by atoms with van der Waals surface area (Å²) in [6.07, 6.45) is 0.950. The molecule has 0 aliphatic carbocycles. The Morgan fingerprint density at radius 1 is 1.52 bits per heavy atom. The number of esters is 1. The number of nitrogens with two attached hydrogens (primary N) is 1. The van der Waals surface area contributed by atoms with Crippen LogP contribution in [0, 0.1) is 0 Å². The highest BCUT2D eigenvalue weighted by Gasteiger charge is 2.22. The molecule has 0 spiro atoms. The number of aromatic nitrogens is 1. The molecule has 2 aromatic rings. The highest BCUT2D eigenvalue weighted by Crippen LogP contribution is 2.35. The van der Waals surface area contributed by atoms with E-state index in [0.717, 1.165) is 42.0 Å². The van der Waals surface area contributed by atoms with Crippen molar-refractivity contribution in [3.63, 3.8) is 0 Å². The van der Waals surface area contributed by atoms with E-state index in [1.54, 1.807) is 6.92 Å². The van der Waals surface area contributed by atoms with Gasteiger partial charge in [-0.25, -0.2) is 9.78 Å². The quantitative estimate of drug-likeness (QED) is 0.882. The first-order valence-corrected chi connectivity index (χ1v) is 8.05. The van der Waals surface area contributed by atoms with Crippen molar-refractivity contribution in [3.8, 4) is 0 Å². The minimum Gasteiger partial charge on any atom is -0.462 e. The summed E-state index contributed by atoms with van der Waals surface area (Å²) in [6.45, 7) is 7.27. The fourth-order valence-electron chi connectivity index (χ4n) is 2.67. The second kappa shape index (κ2) is 5.61. The summed E-state index contributed by atoms with van der Waals surface area (Å²) in [6, 6.07) is 2.09. The van der Waals surface area contributed by atoms with Crippen LogP contribution in [-0.2, 0) is 17.7 Å². The average molecular weight is 305 g/mol. The Balaban J connectivity index is 2.05. The summed E-state index contributed by atoms with van der Waals surface area (Å²) in [7, 11) is 0. The molecule has 1 aliphatic rings. The van der Waals surface area contributed by atoms with Gasteiger partial charge in [-0.3, -0.25) is 4.90 Å². The first-order chi connectivity index (χ1) is 10.1. The van der Waals surface area contributed by atoms with Gasteiger partial charge in [0.1, 0.15) is 9.71 Å². The Labute approximate surface area is 127 Å². The van der Waals surface area contributed by atoms with Crippen molar-refractivity contribution in [3.05, 3.63) is 22.2 Å². The number of hydrogen-bond acceptors (Lipinski definition) is 6. The maximum Gasteiger partial charge on any atom is 0.350 e. The third kappa shape index (κ3) is 2.49. The summed E-state index contributed by atoms with van der Waals surface area (Å²) in [5.74, 6) is -0.355. The summed E-state index contributed by atoms with van der Waals surface area (Å²) >= 11 is 1.33. The molecule has 0 aromatic carbocycles. The number of anilines is 1. The molecule has 2 N–H and O–H groups in total. The van der Waals surface area contributed by atoms with Crippen molar-refractivity contribution in [2.24, 2.45) is 0 Å². The standard InChI is InChI=1S/C15H19N3O2S/c1-3-18-6-5-11-9(8-18)7-10-12(16)13(15(19)20-4-2)21-14(10)17-11/h7H,3-6,8,16H2,1-2H3. The normalized spacial score (nSPS) is 15.1. The topological polar surface area (TPSA) is 68.4 Å². The van der Waals surface area contributed by atoms with Crippen molar-refractivity contribution in [1.82, 2.24) is 9.88 Å². The molecule has 0 radical (unpaired) electrons. The van der Waals surface area contributed by atoms with E-state index in [1.807, 2.05) is 0 Å². The van der Waals surface area contributed by atoms with Crippen LogP contribution in [0.4, 0.5) is 5.69 Å². The number of fused-ring (bicyclic) bond motifs is 2. The van der Waals surface area contributed by atoms with Crippen LogP contribution in [0.25, 0.3) is 10.2 Å². The Morgan fingerprint density at radius 2 is 2.33 bits per heavy atom. The van der Waals surface area contributed by atoms with Crippen LogP contribution >= 0.6 is 11.3 Å². The van der Waals surface area contributed by atoms with Crippen LogP contribution in [0.1, 0.15) is 34.8 Å². The Kier molecular flexibility index (Phi) is 3.82. The molecule has 3 rings (SSSR count). The molecule has 3 heterocycles. The molecule has 0 fully saturated rings. The van der Waals surface area contributed by atoms with E-state index in [1.165, 1.54) is 16.9 Å². The number of nitrogen functional groups attached to an aromatic ring is 1. The van der Waals surface area contributed by atoms with E-state index < -0.39 is 0 Å². The van der Waals surface area contributed by atoms with Crippen molar-refractivity contribution in [2.75, 3.05) is 25.4 Å². The van der Waals surface area contributed by atoms with Gasteiger partial charge in [-0.15, -0.1) is 11.3 Å². The minimum absolute atomic E-state index is 0.349. The SMILES string of the molecule is CCOC(=O)c1sc2nc3c(cc2c1N)CN(CC)CC3. The monoisotopic (exact) mass is 305 g/mol. The Morgan fingerprint density at radius 3 is 3.05 bits per heavy atom. The van der Waals surface area contributed by atoms with Gasteiger partial charge in [0, 0.05) is 30.6 Å². The largest absolute Gasteiger partial charge is 0.462 e. The molecule has 5 nitrogen and oxygen atoms in total. The molecule has 0 bridgehead atoms. The summed E-state index contributed by atoms with van der Waals surface area (Å²) in [5, 5.41) is 0.875. The van der Waals surface area contributed by atoms with Gasteiger partial charge in [-0.05, 0) is 25.1 Å². The van der Waals surface area contributed by atoms with E-state index in [4.69, 9.17) is 15.5 Å². The van der Waals surface area contributed by atoms with E-state index in [0.29, 0.717) is 17.2 Å². The van der Waals surface area contributed by atoms with Crippen molar-refractivity contribution in [1.29, 1.82) is 0 Å². The molecule has 1 aliphatic heterocycles. The first kappa shape index (κ1) is 14.3. The van der Waals surface area contributed by atoms with Crippen LogP contribution in [0.2, 0.25) is 0 Å². The van der Waals surface area contributed by atoms with Gasteiger partial charge in [0.25, 0.3) is 0 Å². The fraction of sp³-hybridized carbons (Fsp3) is 0.467. The lowest BCUT2D eigenvalue weighted by Gasteiger charge is -2.26. The molecular formula is C15H19N3O2S. The van der Waals surface area contributed by atoms with Crippen molar-refractivity contribution >= 4 is 33.2 Å². The van der Waals surface area contributed by atoms with Crippen LogP contribution < -0.4 is 5.73 Å². The molecule has 0 amide bonds. The van der Waals surface area contributed by atoms with Gasteiger partial charge in [0.15, 0.2) is 0 Å². The second-order valence-corrected chi connectivity index (χ2v) is 6.13. The molecule has 0 saturated carbocycles. The van der Waals surface area contributed by atoms with Gasteiger partial charge in [0.05, 0.1) is 12.3 Å². The summed E-state index contributed by atoms with van der Waals surface area (Å²) in [5.41, 5.74) is 8.97. The number of hydrogen-bond donors (Lipinski definition) is 1. The third-order valence-electron chi connectivity index (χ3n) is 3.86. The van der Waals surface area contributed by atoms with Crippen LogP contribution in [0.5, 0.6) is 0 Å². The van der Waals surface area contributed by atoms with E-state index in [2.05, 4.69) is 17.9 Å². The molecule has 112 valence electrons. The van der Waals surface area contributed by atoms with Gasteiger partial charge < -0.3 is 10.5 Å². The summed E-state index contributed by atoms with van der Waals surface area (Å²) < 4.78 is 5.05. The van der Waals surface area contributed by atoms with Gasteiger partial charge in [-0.1, -0.05) is 6.92 Å². The number of rotatable bonds is 3. The molecular weight excluding hydrogens is 286 g/mol. The van der Waals surface area contributed by atoms with Crippen molar-refractivity contribution in [2.45, 2.75) is 26.8 Å². The number of likely N-dealkylation sites (N-methyl/N-ethyl adjacent to an activating group) is 1. The number of nitrogens with zero attached hydrogens (tertiary/aromatic N) is 2. The molecule has 21 heavy (non-hydrogen) atoms. The maximum absolute atomic E-state index is 11.9. The third-order valence-corrected chi connectivity index (χ3v) is 4.95. The lowest BCUT2D eigenvalue weighted by Crippen LogP contribution is -2.30. The van der Waals surface area contributed by atoms with Crippen molar-refractivity contribution < 1.29 is 9.53 Å². The lowest BCUT2D eigenvalue weighted by molar-refractivity contribution is 0.0533. The molecule has 2 aromatic heterocycles. The Bertz CT molecular complexity index is 696. The number of pyridine rings is 1. The summed E-state index contributed by atoms with van der Waals surface area (Å²) in [4.78, 5) is 20.3. The zero-order valence-electron chi connectivity index (χ0n) is 12.3. The second-order valence-electron chi connectivity index (χ2n) is 5.13. The van der Waals surface area contributed by atoms with E-state index in [9.17, 15) is 4.79 Å². The first-order valence-electron chi connectivity index (χ1n) is 7.24. The van der Waals surface area contributed by atoms with Crippen LogP contribution in [0.3, 0.4) is 0 Å². The van der Waals surface area contributed by atoms with Gasteiger partial charge in [-0.2, -0.15) is 0 Å².